The zero-order chi connectivity index (χ0) is 20.3. The highest BCUT2D eigenvalue weighted by molar-refractivity contribution is 6.23. The summed E-state index contributed by atoms with van der Waals surface area (Å²) in [5.74, 6) is -0.644. The van der Waals surface area contributed by atoms with Gasteiger partial charge in [0.25, 0.3) is 5.91 Å². The molecule has 0 unspecified atom stereocenters. The van der Waals surface area contributed by atoms with Gasteiger partial charge in [-0.3, -0.25) is 9.69 Å². The number of benzene rings is 2. The molecule has 0 saturated heterocycles. The number of nitrogens with zero attached hydrogens (tertiary/aromatic N) is 1. The van der Waals surface area contributed by atoms with Crippen molar-refractivity contribution in [2.24, 2.45) is 0 Å². The third kappa shape index (κ3) is 3.67. The number of hydrogen-bond donors (Lipinski definition) is 0. The minimum absolute atomic E-state index is 0.191. The molecule has 1 aliphatic rings. The van der Waals surface area contributed by atoms with E-state index in [9.17, 15) is 14.0 Å². The average Bonchev–Trinajstić information content (AvgIpc) is 2.93. The van der Waals surface area contributed by atoms with E-state index in [0.29, 0.717) is 22.7 Å². The molecular weight excluding hydrogens is 361 g/mol. The van der Waals surface area contributed by atoms with Crippen molar-refractivity contribution < 1.29 is 23.5 Å². The van der Waals surface area contributed by atoms with Crippen LogP contribution in [0.25, 0.3) is 6.08 Å². The predicted molar refractivity (Wildman–Crippen MR) is 104 cm³/mol. The molecule has 1 amide bonds. The first-order valence-corrected chi connectivity index (χ1v) is 8.80. The Bertz CT molecular complexity index is 959. The molecule has 0 saturated carbocycles. The second-order valence-corrected chi connectivity index (χ2v) is 6.13. The van der Waals surface area contributed by atoms with Crippen molar-refractivity contribution in [3.05, 3.63) is 76.8 Å². The van der Waals surface area contributed by atoms with Crippen molar-refractivity contribution >= 4 is 23.6 Å². The topological polar surface area (TPSA) is 55.8 Å². The van der Waals surface area contributed by atoms with Gasteiger partial charge in [-0.15, -0.1) is 0 Å². The molecule has 3 rings (SSSR count). The third-order valence-corrected chi connectivity index (χ3v) is 4.39. The van der Waals surface area contributed by atoms with Crippen molar-refractivity contribution in [3.8, 4) is 5.75 Å². The quantitative estimate of drug-likeness (QED) is 0.578. The average molecular weight is 381 g/mol. The van der Waals surface area contributed by atoms with Gasteiger partial charge in [-0.1, -0.05) is 12.1 Å². The number of rotatable bonds is 5. The molecule has 0 aromatic heterocycles. The number of carbonyl (C=O) groups excluding carboxylic acids is 2. The highest BCUT2D eigenvalue weighted by Crippen LogP contribution is 2.36. The van der Waals surface area contributed by atoms with Crippen LogP contribution >= 0.6 is 0 Å². The number of hydrogen-bond acceptors (Lipinski definition) is 4. The molecule has 0 N–H and O–H groups in total. The molecule has 2 aromatic rings. The lowest BCUT2D eigenvalue weighted by Gasteiger charge is -2.18. The van der Waals surface area contributed by atoms with Crippen LogP contribution < -0.4 is 9.64 Å². The van der Waals surface area contributed by atoms with Gasteiger partial charge in [0.2, 0.25) is 0 Å². The smallest absolute Gasteiger partial charge is 0.340 e. The molecule has 0 atom stereocenters. The standard InChI is InChI=1S/C22H20FNO4/c1-4-28-22(26)20-14(2)24(17-9-11-18(27-3)12-10-17)21(25)19(20)13-15-5-7-16(23)8-6-15/h5-13H,4H2,1-3H3/b19-13+. The monoisotopic (exact) mass is 381 g/mol. The number of esters is 1. The fourth-order valence-corrected chi connectivity index (χ4v) is 3.05. The van der Waals surface area contributed by atoms with E-state index in [1.54, 1.807) is 63.4 Å². The molecule has 0 fully saturated rings. The summed E-state index contributed by atoms with van der Waals surface area (Å²) in [5, 5.41) is 0. The van der Waals surface area contributed by atoms with Crippen molar-refractivity contribution in [2.45, 2.75) is 13.8 Å². The summed E-state index contributed by atoms with van der Waals surface area (Å²) >= 11 is 0. The minimum Gasteiger partial charge on any atom is -0.497 e. The van der Waals surface area contributed by atoms with E-state index in [4.69, 9.17) is 9.47 Å². The molecule has 0 aliphatic carbocycles. The van der Waals surface area contributed by atoms with Gasteiger partial charge in [0, 0.05) is 11.4 Å². The van der Waals surface area contributed by atoms with E-state index in [1.165, 1.54) is 17.0 Å². The number of anilines is 1. The molecule has 0 radical (unpaired) electrons. The normalized spacial score (nSPS) is 15.4. The van der Waals surface area contributed by atoms with Crippen LogP contribution in [-0.2, 0) is 14.3 Å². The van der Waals surface area contributed by atoms with E-state index in [-0.39, 0.29) is 29.5 Å². The number of carbonyl (C=O) groups is 2. The first-order chi connectivity index (χ1) is 13.5. The van der Waals surface area contributed by atoms with Gasteiger partial charge in [-0.05, 0) is 61.9 Å². The second kappa shape index (κ2) is 8.08. The maximum Gasteiger partial charge on any atom is 0.340 e. The molecule has 1 heterocycles. The summed E-state index contributed by atoms with van der Waals surface area (Å²) in [7, 11) is 1.56. The van der Waals surface area contributed by atoms with Gasteiger partial charge < -0.3 is 9.47 Å². The summed E-state index contributed by atoms with van der Waals surface area (Å²) in [6.07, 6.45) is 1.57. The summed E-state index contributed by atoms with van der Waals surface area (Å²) in [4.78, 5) is 27.2. The molecular formula is C22H20FNO4. The number of halogens is 1. The minimum atomic E-state index is -0.572. The van der Waals surface area contributed by atoms with E-state index in [1.807, 2.05) is 0 Å². The summed E-state index contributed by atoms with van der Waals surface area (Å²) in [5.41, 5.74) is 2.09. The van der Waals surface area contributed by atoms with Crippen LogP contribution in [-0.4, -0.2) is 25.6 Å². The van der Waals surface area contributed by atoms with E-state index in [2.05, 4.69) is 0 Å². The maximum absolute atomic E-state index is 13.2. The van der Waals surface area contributed by atoms with Crippen LogP contribution in [0.15, 0.2) is 65.4 Å². The Hall–Kier alpha value is -3.41. The van der Waals surface area contributed by atoms with E-state index in [0.717, 1.165) is 0 Å². The van der Waals surface area contributed by atoms with Crippen LogP contribution in [0, 0.1) is 5.82 Å². The van der Waals surface area contributed by atoms with Crippen molar-refractivity contribution in [2.75, 3.05) is 18.6 Å². The molecule has 144 valence electrons. The second-order valence-electron chi connectivity index (χ2n) is 6.13. The van der Waals surface area contributed by atoms with Gasteiger partial charge in [0.05, 0.1) is 24.9 Å². The Morgan fingerprint density at radius 2 is 1.75 bits per heavy atom. The molecule has 5 nitrogen and oxygen atoms in total. The molecule has 6 heteroatoms. The lowest BCUT2D eigenvalue weighted by atomic mass is 10.0. The maximum atomic E-state index is 13.2. The summed E-state index contributed by atoms with van der Waals surface area (Å²) < 4.78 is 23.5. The zero-order valence-corrected chi connectivity index (χ0v) is 15.9. The third-order valence-electron chi connectivity index (χ3n) is 4.39. The first kappa shape index (κ1) is 19.4. The molecule has 1 aliphatic heterocycles. The van der Waals surface area contributed by atoms with Crippen LogP contribution in [0.1, 0.15) is 19.4 Å². The number of methoxy groups -OCH3 is 1. The Morgan fingerprint density at radius 1 is 1.11 bits per heavy atom. The lowest BCUT2D eigenvalue weighted by molar-refractivity contribution is -0.138. The number of allylic oxidation sites excluding steroid dienone is 1. The van der Waals surface area contributed by atoms with Gasteiger partial charge in [-0.25, -0.2) is 9.18 Å². The van der Waals surface area contributed by atoms with Crippen molar-refractivity contribution in [1.82, 2.24) is 0 Å². The van der Waals surface area contributed by atoms with E-state index >= 15 is 0 Å². The molecule has 0 spiro atoms. The van der Waals surface area contributed by atoms with Crippen molar-refractivity contribution in [3.63, 3.8) is 0 Å². The summed E-state index contributed by atoms with van der Waals surface area (Å²) in [6, 6.07) is 12.6. The fraction of sp³-hybridized carbons (Fsp3) is 0.182. The first-order valence-electron chi connectivity index (χ1n) is 8.80. The van der Waals surface area contributed by atoms with Gasteiger partial charge >= 0.3 is 5.97 Å². The van der Waals surface area contributed by atoms with Crippen LogP contribution in [0.5, 0.6) is 5.75 Å². The highest BCUT2D eigenvalue weighted by atomic mass is 19.1. The van der Waals surface area contributed by atoms with Gasteiger partial charge in [-0.2, -0.15) is 0 Å². The van der Waals surface area contributed by atoms with Crippen LogP contribution in [0.2, 0.25) is 0 Å². The van der Waals surface area contributed by atoms with Crippen LogP contribution in [0.4, 0.5) is 10.1 Å². The Balaban J connectivity index is 2.09. The largest absolute Gasteiger partial charge is 0.497 e. The SMILES string of the molecule is CCOC(=O)C1=C(C)N(c2ccc(OC)cc2)C(=O)/C1=C/c1ccc(F)cc1. The Morgan fingerprint density at radius 3 is 2.32 bits per heavy atom. The van der Waals surface area contributed by atoms with E-state index < -0.39 is 5.97 Å². The van der Waals surface area contributed by atoms with Gasteiger partial charge in [0.1, 0.15) is 11.6 Å². The molecule has 2 aromatic carbocycles. The van der Waals surface area contributed by atoms with Crippen LogP contribution in [0.3, 0.4) is 0 Å². The summed E-state index contributed by atoms with van der Waals surface area (Å²) in [6.45, 7) is 3.59. The number of ether oxygens (including phenoxy) is 2. The Kier molecular flexibility index (Phi) is 5.59. The fourth-order valence-electron chi connectivity index (χ4n) is 3.05. The van der Waals surface area contributed by atoms with Crippen molar-refractivity contribution in [1.29, 1.82) is 0 Å². The molecule has 28 heavy (non-hydrogen) atoms. The zero-order valence-electron chi connectivity index (χ0n) is 15.9. The lowest BCUT2D eigenvalue weighted by Crippen LogP contribution is -2.24. The molecule has 0 bridgehead atoms. The predicted octanol–water partition coefficient (Wildman–Crippen LogP) is 4.10. The Labute approximate surface area is 162 Å². The highest BCUT2D eigenvalue weighted by Gasteiger charge is 2.38. The number of amides is 1. The van der Waals surface area contributed by atoms with Gasteiger partial charge in [0.15, 0.2) is 0 Å².